The van der Waals surface area contributed by atoms with Gasteiger partial charge in [0.05, 0.1) is 28.1 Å². The van der Waals surface area contributed by atoms with Crippen LogP contribution < -0.4 is 5.01 Å². The molecule has 0 saturated heterocycles. The smallest absolute Gasteiger partial charge is 0.0636 e. The summed E-state index contributed by atoms with van der Waals surface area (Å²) in [5.41, 5.74) is 8.77. The van der Waals surface area contributed by atoms with Crippen molar-refractivity contribution in [3.63, 3.8) is 0 Å². The second kappa shape index (κ2) is 7.40. The van der Waals surface area contributed by atoms with Gasteiger partial charge in [-0.3, -0.25) is 5.01 Å². The Labute approximate surface area is 188 Å². The van der Waals surface area contributed by atoms with Crippen molar-refractivity contribution < 1.29 is 0 Å². The van der Waals surface area contributed by atoms with Crippen LogP contribution in [-0.2, 0) is 6.42 Å². The van der Waals surface area contributed by atoms with Crippen LogP contribution in [0.25, 0.3) is 33.2 Å². The first-order chi connectivity index (χ1) is 15.7. The van der Waals surface area contributed by atoms with E-state index in [9.17, 15) is 0 Å². The topological polar surface area (TPSA) is 11.4 Å². The maximum absolute atomic E-state index is 2.43. The predicted octanol–water partition coefficient (Wildman–Crippen LogP) is 6.66. The van der Waals surface area contributed by atoms with Crippen LogP contribution in [0.4, 0.5) is 5.69 Å². The quantitative estimate of drug-likeness (QED) is 0.326. The van der Waals surface area contributed by atoms with Gasteiger partial charge in [-0.05, 0) is 36.2 Å². The Hall–Kier alpha value is -3.82. The minimum absolute atomic E-state index is 0.890. The minimum Gasteiger partial charge on any atom is -0.309 e. The van der Waals surface area contributed by atoms with E-state index < -0.39 is 0 Å². The molecular weight excluding hydrogens is 390 g/mol. The number of rotatable bonds is 3. The fourth-order valence-electron chi connectivity index (χ4n) is 5.06. The van der Waals surface area contributed by atoms with E-state index in [1.54, 1.807) is 0 Å². The first-order valence-corrected chi connectivity index (χ1v) is 11.1. The summed E-state index contributed by atoms with van der Waals surface area (Å²) in [5, 5.41) is 7.08. The lowest BCUT2D eigenvalue weighted by Crippen LogP contribution is -2.38. The molecule has 1 aromatic heterocycles. The van der Waals surface area contributed by atoms with Gasteiger partial charge >= 0.3 is 0 Å². The van der Waals surface area contributed by atoms with Crippen molar-refractivity contribution in [2.24, 2.45) is 0 Å². The molecule has 32 heavy (non-hydrogen) atoms. The lowest BCUT2D eigenvalue weighted by molar-refractivity contribution is 0.418. The Morgan fingerprint density at radius 1 is 0.625 bits per heavy atom. The summed E-state index contributed by atoms with van der Waals surface area (Å²) in [6.07, 6.45) is 3.25. The lowest BCUT2D eigenvalue weighted by atomic mass is 9.98. The highest BCUT2D eigenvalue weighted by Crippen LogP contribution is 2.40. The van der Waals surface area contributed by atoms with Gasteiger partial charge in [0.15, 0.2) is 0 Å². The van der Waals surface area contributed by atoms with Crippen LogP contribution in [0.15, 0.2) is 103 Å². The van der Waals surface area contributed by atoms with E-state index in [-0.39, 0.29) is 0 Å². The van der Waals surface area contributed by atoms with Gasteiger partial charge in [0.25, 0.3) is 0 Å². The zero-order valence-electron chi connectivity index (χ0n) is 18.4. The van der Waals surface area contributed by atoms with E-state index in [0.717, 1.165) is 6.42 Å². The maximum Gasteiger partial charge on any atom is 0.0636 e. The highest BCUT2D eigenvalue weighted by molar-refractivity contribution is 6.09. The van der Waals surface area contributed by atoms with E-state index >= 15 is 0 Å². The van der Waals surface area contributed by atoms with Crippen LogP contribution in [0.5, 0.6) is 0 Å². The fourth-order valence-corrected chi connectivity index (χ4v) is 5.06. The van der Waals surface area contributed by atoms with E-state index in [0.29, 0.717) is 0 Å². The third kappa shape index (κ3) is 2.79. The Kier molecular flexibility index (Phi) is 4.37. The van der Waals surface area contributed by atoms with Gasteiger partial charge in [-0.1, -0.05) is 78.9 Å². The summed E-state index contributed by atoms with van der Waals surface area (Å²) in [6, 6.07) is 34.8. The second-order valence-electron chi connectivity index (χ2n) is 8.46. The number of benzene rings is 4. The van der Waals surface area contributed by atoms with E-state index in [4.69, 9.17) is 0 Å². The van der Waals surface area contributed by atoms with Gasteiger partial charge < -0.3 is 4.57 Å². The Morgan fingerprint density at radius 2 is 1.22 bits per heavy atom. The molecule has 0 atom stereocenters. The molecule has 156 valence electrons. The first kappa shape index (κ1) is 18.9. The molecule has 0 saturated carbocycles. The summed E-state index contributed by atoms with van der Waals surface area (Å²) in [4.78, 5) is 0. The largest absolute Gasteiger partial charge is 0.309 e. The van der Waals surface area contributed by atoms with Crippen molar-refractivity contribution in [2.75, 3.05) is 19.1 Å². The number of para-hydroxylation sites is 2. The number of fused-ring (bicyclic) bond motifs is 4. The van der Waals surface area contributed by atoms with E-state index in [2.05, 4.69) is 132 Å². The third-order valence-electron chi connectivity index (χ3n) is 6.37. The first-order valence-electron chi connectivity index (χ1n) is 11.1. The molecule has 2 heterocycles. The maximum atomic E-state index is 2.43. The summed E-state index contributed by atoms with van der Waals surface area (Å²) in [7, 11) is 4.22. The number of nitrogens with zero attached hydrogens (tertiary/aromatic N) is 3. The molecule has 0 fully saturated rings. The van der Waals surface area contributed by atoms with Crippen LogP contribution in [0.2, 0.25) is 0 Å². The number of anilines is 1. The molecule has 1 aliphatic rings. The molecular formula is C29H25N3. The zero-order valence-corrected chi connectivity index (χ0v) is 18.4. The van der Waals surface area contributed by atoms with Gasteiger partial charge in [0, 0.05) is 30.4 Å². The lowest BCUT2D eigenvalue weighted by Gasteiger charge is -2.38. The van der Waals surface area contributed by atoms with Crippen LogP contribution in [0.1, 0.15) is 11.1 Å². The van der Waals surface area contributed by atoms with E-state index in [1.807, 2.05) is 0 Å². The van der Waals surface area contributed by atoms with Crippen molar-refractivity contribution >= 4 is 33.2 Å². The summed E-state index contributed by atoms with van der Waals surface area (Å²) in [5.74, 6) is 0. The van der Waals surface area contributed by atoms with Crippen LogP contribution >= 0.6 is 0 Å². The average molecular weight is 416 g/mol. The van der Waals surface area contributed by atoms with Crippen LogP contribution in [-0.4, -0.2) is 23.7 Å². The molecule has 0 unspecified atom stereocenters. The van der Waals surface area contributed by atoms with Crippen molar-refractivity contribution in [1.82, 2.24) is 9.58 Å². The average Bonchev–Trinajstić information content (AvgIpc) is 3.17. The molecule has 1 aliphatic heterocycles. The Morgan fingerprint density at radius 3 is 1.88 bits per heavy atom. The van der Waals surface area contributed by atoms with Gasteiger partial charge in [-0.25, -0.2) is 5.01 Å². The number of hydrogen-bond acceptors (Lipinski definition) is 2. The van der Waals surface area contributed by atoms with Gasteiger partial charge in [0.2, 0.25) is 0 Å². The summed E-state index contributed by atoms with van der Waals surface area (Å²) in [6.45, 7) is 0. The molecule has 5 aromatic rings. The molecule has 4 aromatic carbocycles. The molecule has 0 spiro atoms. The Balaban J connectivity index is 1.61. The van der Waals surface area contributed by atoms with Gasteiger partial charge in [-0.2, -0.15) is 0 Å². The van der Waals surface area contributed by atoms with Crippen molar-refractivity contribution in [3.05, 3.63) is 114 Å². The predicted molar refractivity (Wildman–Crippen MR) is 135 cm³/mol. The molecule has 3 nitrogen and oxygen atoms in total. The number of allylic oxidation sites excluding steroid dienone is 1. The van der Waals surface area contributed by atoms with Gasteiger partial charge in [-0.15, -0.1) is 0 Å². The molecule has 3 heteroatoms. The number of hydrogen-bond donors (Lipinski definition) is 0. The van der Waals surface area contributed by atoms with Crippen LogP contribution in [0, 0.1) is 0 Å². The molecule has 0 N–H and O–H groups in total. The van der Waals surface area contributed by atoms with Gasteiger partial charge in [0.1, 0.15) is 0 Å². The van der Waals surface area contributed by atoms with Crippen molar-refractivity contribution in [2.45, 2.75) is 6.42 Å². The third-order valence-corrected chi connectivity index (χ3v) is 6.37. The second-order valence-corrected chi connectivity index (χ2v) is 8.46. The Bertz CT molecular complexity index is 1420. The van der Waals surface area contributed by atoms with E-state index in [1.165, 1.54) is 50.0 Å². The van der Waals surface area contributed by atoms with Crippen molar-refractivity contribution in [3.8, 4) is 5.69 Å². The molecule has 0 aliphatic carbocycles. The molecule has 0 radical (unpaired) electrons. The highest BCUT2D eigenvalue weighted by Gasteiger charge is 2.26. The molecule has 6 rings (SSSR count). The van der Waals surface area contributed by atoms with Crippen molar-refractivity contribution in [1.29, 1.82) is 0 Å². The summed E-state index contributed by atoms with van der Waals surface area (Å²) >= 11 is 0. The monoisotopic (exact) mass is 415 g/mol. The molecule has 0 bridgehead atoms. The molecule has 0 amide bonds. The SMILES string of the molecule is CN(C)N1C(c2ccccc2)=CCc2c1cccc2-n1c2ccccc2c2ccccc21. The van der Waals surface area contributed by atoms with Crippen LogP contribution in [0.3, 0.4) is 0 Å². The zero-order chi connectivity index (χ0) is 21.7. The number of aromatic nitrogens is 1. The number of hydrazine groups is 1. The minimum atomic E-state index is 0.890. The fraction of sp³-hybridized carbons (Fsp3) is 0.103. The highest BCUT2D eigenvalue weighted by atomic mass is 15.6. The summed E-state index contributed by atoms with van der Waals surface area (Å²) < 4.78 is 2.43. The standard InChI is InChI=1S/C29H25N3/c1-30(2)32-25(21-11-4-3-5-12-21)20-19-24-28(17-10-18-29(24)32)31-26-15-8-6-13-22(26)23-14-7-9-16-27(23)31/h3-18,20H,19H2,1-2H3. The normalized spacial score (nSPS) is 13.6.